The van der Waals surface area contributed by atoms with Crippen LogP contribution < -0.4 is 13.6 Å². The van der Waals surface area contributed by atoms with Gasteiger partial charge in [-0.25, -0.2) is 0 Å². The van der Waals surface area contributed by atoms with E-state index in [-0.39, 0.29) is 0 Å². The monoisotopic (exact) mass is 596 g/mol. The third-order valence-corrected chi connectivity index (χ3v) is 8.48. The lowest BCUT2D eigenvalue weighted by Gasteiger charge is -2.20. The molecule has 0 aromatic heterocycles. The summed E-state index contributed by atoms with van der Waals surface area (Å²) in [7, 11) is -4.13. The summed E-state index contributed by atoms with van der Waals surface area (Å²) in [6.07, 6.45) is 2.36. The number of hydrogen-bond acceptors (Lipinski definition) is 4. The van der Waals surface area contributed by atoms with Crippen LogP contribution in [0.3, 0.4) is 0 Å². The predicted molar refractivity (Wildman–Crippen MR) is 177 cm³/mol. The van der Waals surface area contributed by atoms with Gasteiger partial charge in [0.15, 0.2) is 0 Å². The Labute approximate surface area is 259 Å². The standard InChI is InChI=1S/C39H33O4P/c40-44(41-37-22-16-34(17-23-37)28-31-10-4-1-5-11-31,42-38-24-18-35(19-25-38)29-32-12-6-2-7-13-32)43-39-26-20-36(21-27-39)30-33-14-8-3-9-15-33/h1-27H,28-30H2. The molecular weight excluding hydrogens is 563 g/mol. The molecule has 218 valence electrons. The molecule has 6 rings (SSSR count). The molecule has 0 aliphatic carbocycles. The molecule has 0 N–H and O–H groups in total. The van der Waals surface area contributed by atoms with Gasteiger partial charge in [0.25, 0.3) is 0 Å². The fourth-order valence-corrected chi connectivity index (χ4v) is 6.19. The van der Waals surface area contributed by atoms with Crippen LogP contribution in [0.2, 0.25) is 0 Å². The number of benzene rings is 6. The van der Waals surface area contributed by atoms with E-state index in [1.165, 1.54) is 16.7 Å². The fraction of sp³-hybridized carbons (Fsp3) is 0.0769. The number of hydrogen-bond donors (Lipinski definition) is 0. The van der Waals surface area contributed by atoms with Crippen LogP contribution in [0.25, 0.3) is 0 Å². The largest absolute Gasteiger partial charge is 0.647 e. The van der Waals surface area contributed by atoms with Gasteiger partial charge < -0.3 is 13.6 Å². The first kappa shape index (κ1) is 29.0. The van der Waals surface area contributed by atoms with Gasteiger partial charge in [0.05, 0.1) is 0 Å². The van der Waals surface area contributed by atoms with Gasteiger partial charge >= 0.3 is 7.82 Å². The maximum Gasteiger partial charge on any atom is 0.647 e. The Balaban J connectivity index is 1.19. The van der Waals surface area contributed by atoms with Crippen molar-refractivity contribution in [1.82, 2.24) is 0 Å². The van der Waals surface area contributed by atoms with Crippen molar-refractivity contribution in [1.29, 1.82) is 0 Å². The van der Waals surface area contributed by atoms with Crippen LogP contribution in [0.4, 0.5) is 0 Å². The summed E-state index contributed by atoms with van der Waals surface area (Å²) in [4.78, 5) is 0. The molecule has 0 unspecified atom stereocenters. The van der Waals surface area contributed by atoms with Gasteiger partial charge in [0.1, 0.15) is 17.2 Å². The van der Waals surface area contributed by atoms with Crippen molar-refractivity contribution in [3.05, 3.63) is 197 Å². The molecule has 44 heavy (non-hydrogen) atoms. The topological polar surface area (TPSA) is 44.8 Å². The predicted octanol–water partition coefficient (Wildman–Crippen LogP) is 10.1. The lowest BCUT2D eigenvalue weighted by molar-refractivity contribution is 0.298. The van der Waals surface area contributed by atoms with Gasteiger partial charge in [-0.2, -0.15) is 4.57 Å². The third-order valence-electron chi connectivity index (χ3n) is 7.17. The van der Waals surface area contributed by atoms with Gasteiger partial charge in [-0.15, -0.1) is 0 Å². The molecule has 0 saturated heterocycles. The van der Waals surface area contributed by atoms with Gasteiger partial charge in [-0.3, -0.25) is 0 Å². The molecule has 5 heteroatoms. The maximum absolute atomic E-state index is 14.2. The Morgan fingerprint density at radius 3 is 0.795 bits per heavy atom. The molecule has 0 amide bonds. The number of phosphoric ester groups is 1. The van der Waals surface area contributed by atoms with Crippen molar-refractivity contribution < 1.29 is 18.1 Å². The molecule has 6 aromatic carbocycles. The minimum atomic E-state index is -4.13. The average Bonchev–Trinajstić information content (AvgIpc) is 3.05. The van der Waals surface area contributed by atoms with Crippen molar-refractivity contribution in [2.45, 2.75) is 19.3 Å². The normalized spacial score (nSPS) is 11.1. The van der Waals surface area contributed by atoms with Gasteiger partial charge in [0, 0.05) is 0 Å². The van der Waals surface area contributed by atoms with E-state index in [9.17, 15) is 4.57 Å². The first-order valence-electron chi connectivity index (χ1n) is 14.7. The highest BCUT2D eigenvalue weighted by atomic mass is 31.2. The summed E-state index contributed by atoms with van der Waals surface area (Å²) in [6, 6.07) is 53.3. The average molecular weight is 597 g/mol. The Morgan fingerprint density at radius 1 is 0.318 bits per heavy atom. The van der Waals surface area contributed by atoms with Crippen molar-refractivity contribution in [3.63, 3.8) is 0 Å². The fourth-order valence-electron chi connectivity index (χ4n) is 4.94. The molecule has 0 spiro atoms. The van der Waals surface area contributed by atoms with E-state index in [1.54, 1.807) is 36.4 Å². The van der Waals surface area contributed by atoms with E-state index >= 15 is 0 Å². The van der Waals surface area contributed by atoms with Crippen molar-refractivity contribution >= 4 is 7.82 Å². The first-order chi connectivity index (χ1) is 21.6. The molecule has 0 fully saturated rings. The van der Waals surface area contributed by atoms with Crippen molar-refractivity contribution in [3.8, 4) is 17.2 Å². The zero-order chi connectivity index (χ0) is 30.0. The SMILES string of the molecule is O=P(Oc1ccc(Cc2ccccc2)cc1)(Oc1ccc(Cc2ccccc2)cc1)Oc1ccc(Cc2ccccc2)cc1. The van der Waals surface area contributed by atoms with Crippen LogP contribution in [0.5, 0.6) is 17.2 Å². The summed E-state index contributed by atoms with van der Waals surface area (Å²) in [5.41, 5.74) is 6.98. The minimum absolute atomic E-state index is 0.395. The highest BCUT2D eigenvalue weighted by Gasteiger charge is 2.33. The summed E-state index contributed by atoms with van der Waals surface area (Å²) < 4.78 is 32.1. The quantitative estimate of drug-likeness (QED) is 0.132. The van der Waals surface area contributed by atoms with E-state index in [0.717, 1.165) is 36.0 Å². The Kier molecular flexibility index (Phi) is 9.21. The molecule has 0 atom stereocenters. The molecule has 0 saturated carbocycles. The second-order valence-electron chi connectivity index (χ2n) is 10.6. The maximum atomic E-state index is 14.2. The third kappa shape index (κ3) is 8.28. The first-order valence-corrected chi connectivity index (χ1v) is 16.1. The van der Waals surface area contributed by atoms with E-state index in [4.69, 9.17) is 13.6 Å². The van der Waals surface area contributed by atoms with Gasteiger partial charge in [0.2, 0.25) is 0 Å². The van der Waals surface area contributed by atoms with Crippen molar-refractivity contribution in [2.75, 3.05) is 0 Å². The molecule has 0 radical (unpaired) electrons. The Bertz CT molecular complexity index is 1570. The minimum Gasteiger partial charge on any atom is -0.386 e. The molecule has 0 aliphatic heterocycles. The molecular formula is C39H33O4P. The summed E-state index contributed by atoms with van der Waals surface area (Å²) in [6.45, 7) is 0. The second-order valence-corrected chi connectivity index (χ2v) is 12.1. The van der Waals surface area contributed by atoms with Crippen LogP contribution in [0.1, 0.15) is 33.4 Å². The van der Waals surface area contributed by atoms with Crippen LogP contribution in [-0.4, -0.2) is 0 Å². The van der Waals surface area contributed by atoms with Gasteiger partial charge in [-0.1, -0.05) is 127 Å². The van der Waals surface area contributed by atoms with Crippen LogP contribution in [0, 0.1) is 0 Å². The summed E-state index contributed by atoms with van der Waals surface area (Å²) in [5, 5.41) is 0. The Morgan fingerprint density at radius 2 is 0.545 bits per heavy atom. The van der Waals surface area contributed by atoms with Crippen LogP contribution in [-0.2, 0) is 23.8 Å². The van der Waals surface area contributed by atoms with Crippen LogP contribution >= 0.6 is 7.82 Å². The highest BCUT2D eigenvalue weighted by molar-refractivity contribution is 7.49. The lowest BCUT2D eigenvalue weighted by atomic mass is 10.1. The molecule has 0 bridgehead atoms. The lowest BCUT2D eigenvalue weighted by Crippen LogP contribution is -2.08. The number of rotatable bonds is 12. The summed E-state index contributed by atoms with van der Waals surface area (Å²) >= 11 is 0. The van der Waals surface area contributed by atoms with Crippen molar-refractivity contribution in [2.24, 2.45) is 0 Å². The number of phosphoric acid groups is 1. The Hall–Kier alpha value is -5.05. The van der Waals surface area contributed by atoms with Gasteiger partial charge in [-0.05, 0) is 89.0 Å². The van der Waals surface area contributed by atoms with E-state index < -0.39 is 7.82 Å². The smallest absolute Gasteiger partial charge is 0.386 e. The highest BCUT2D eigenvalue weighted by Crippen LogP contribution is 2.50. The zero-order valence-electron chi connectivity index (χ0n) is 24.3. The molecule has 0 heterocycles. The molecule has 4 nitrogen and oxygen atoms in total. The molecule has 0 aliphatic rings. The van der Waals surface area contributed by atoms with E-state index in [2.05, 4.69) is 36.4 Å². The van der Waals surface area contributed by atoms with Crippen LogP contribution in [0.15, 0.2) is 164 Å². The van der Waals surface area contributed by atoms with E-state index in [0.29, 0.717) is 17.2 Å². The summed E-state index contributed by atoms with van der Waals surface area (Å²) in [5.74, 6) is 1.18. The second kappa shape index (κ2) is 13.9. The molecule has 6 aromatic rings. The zero-order valence-corrected chi connectivity index (χ0v) is 25.2. The van der Waals surface area contributed by atoms with E-state index in [1.807, 2.05) is 91.0 Å².